The lowest BCUT2D eigenvalue weighted by Crippen LogP contribution is -2.30. The molecule has 0 aliphatic rings. The lowest BCUT2D eigenvalue weighted by Gasteiger charge is -2.22. The van der Waals surface area contributed by atoms with Crippen LogP contribution in [0.1, 0.15) is 15.9 Å². The second-order valence-electron chi connectivity index (χ2n) is 4.95. The molecule has 0 atom stereocenters. The highest BCUT2D eigenvalue weighted by atomic mass is 16.2. The van der Waals surface area contributed by atoms with Crippen LogP contribution in [0, 0.1) is 0 Å². The molecule has 0 radical (unpaired) electrons. The van der Waals surface area contributed by atoms with Gasteiger partial charge in [-0.1, -0.05) is 48.5 Å². The highest BCUT2D eigenvalue weighted by Crippen LogP contribution is 2.19. The lowest BCUT2D eigenvalue weighted by atomic mass is 10.1. The van der Waals surface area contributed by atoms with Gasteiger partial charge in [0.15, 0.2) is 0 Å². The van der Waals surface area contributed by atoms with E-state index >= 15 is 0 Å². The first-order valence-electron chi connectivity index (χ1n) is 7.15. The quantitative estimate of drug-likeness (QED) is 0.729. The fourth-order valence-electron chi connectivity index (χ4n) is 2.30. The van der Waals surface area contributed by atoms with Gasteiger partial charge in [0.2, 0.25) is 0 Å². The van der Waals surface area contributed by atoms with E-state index in [9.17, 15) is 4.79 Å². The first-order valence-corrected chi connectivity index (χ1v) is 7.15. The smallest absolute Gasteiger partial charge is 0.258 e. The van der Waals surface area contributed by atoms with Crippen molar-refractivity contribution in [2.24, 2.45) is 0 Å². The van der Waals surface area contributed by atoms with Crippen LogP contribution < -0.4 is 4.90 Å². The summed E-state index contributed by atoms with van der Waals surface area (Å²) in [5.74, 6) is -0.0301. The van der Waals surface area contributed by atoms with Crippen molar-refractivity contribution in [3.8, 4) is 0 Å². The van der Waals surface area contributed by atoms with E-state index in [1.807, 2.05) is 72.8 Å². The molecule has 1 aromatic heterocycles. The monoisotopic (exact) mass is 288 g/mol. The zero-order valence-corrected chi connectivity index (χ0v) is 12.1. The summed E-state index contributed by atoms with van der Waals surface area (Å²) in [5.41, 5.74) is 2.54. The van der Waals surface area contributed by atoms with E-state index in [0.29, 0.717) is 12.1 Å². The van der Waals surface area contributed by atoms with Gasteiger partial charge >= 0.3 is 0 Å². The van der Waals surface area contributed by atoms with Crippen LogP contribution in [-0.4, -0.2) is 10.9 Å². The van der Waals surface area contributed by atoms with Gasteiger partial charge < -0.3 is 4.90 Å². The highest BCUT2D eigenvalue weighted by Gasteiger charge is 2.17. The largest absolute Gasteiger partial charge is 0.302 e. The number of nitrogens with zero attached hydrogens (tertiary/aromatic N) is 2. The molecule has 0 aliphatic heterocycles. The van der Waals surface area contributed by atoms with Gasteiger partial charge in [0.05, 0.1) is 18.4 Å². The maximum atomic E-state index is 12.8. The van der Waals surface area contributed by atoms with Crippen molar-refractivity contribution in [2.45, 2.75) is 6.54 Å². The second kappa shape index (κ2) is 6.68. The van der Waals surface area contributed by atoms with Crippen molar-refractivity contribution >= 4 is 11.6 Å². The number of carbonyl (C=O) groups is 1. The summed E-state index contributed by atoms with van der Waals surface area (Å²) >= 11 is 0. The maximum absolute atomic E-state index is 12.8. The second-order valence-corrected chi connectivity index (χ2v) is 4.95. The zero-order valence-electron chi connectivity index (χ0n) is 12.1. The fourth-order valence-corrected chi connectivity index (χ4v) is 2.30. The molecule has 0 N–H and O–H groups in total. The third-order valence-electron chi connectivity index (χ3n) is 3.41. The average Bonchev–Trinajstić information content (AvgIpc) is 2.61. The molecule has 3 heteroatoms. The number of benzene rings is 2. The van der Waals surface area contributed by atoms with E-state index in [2.05, 4.69) is 4.98 Å². The molecule has 0 saturated heterocycles. The minimum absolute atomic E-state index is 0.0301. The molecular formula is C19H16N2O. The lowest BCUT2D eigenvalue weighted by molar-refractivity contribution is 0.0985. The van der Waals surface area contributed by atoms with Crippen LogP contribution in [0.5, 0.6) is 0 Å². The molecule has 2 aromatic carbocycles. The Morgan fingerprint density at radius 2 is 1.55 bits per heavy atom. The Labute approximate surface area is 129 Å². The molecule has 0 saturated carbocycles. The Hall–Kier alpha value is -2.94. The Morgan fingerprint density at radius 1 is 0.864 bits per heavy atom. The third kappa shape index (κ3) is 3.20. The predicted molar refractivity (Wildman–Crippen MR) is 87.6 cm³/mol. The highest BCUT2D eigenvalue weighted by molar-refractivity contribution is 6.05. The molecule has 3 rings (SSSR count). The summed E-state index contributed by atoms with van der Waals surface area (Å²) in [6, 6.07) is 23.0. The van der Waals surface area contributed by atoms with Gasteiger partial charge in [-0.05, 0) is 29.8 Å². The van der Waals surface area contributed by atoms with Crippen LogP contribution in [0.15, 0.2) is 85.2 Å². The van der Waals surface area contributed by atoms with Gasteiger partial charge in [0, 0.05) is 11.8 Å². The normalized spacial score (nSPS) is 10.2. The molecule has 0 spiro atoms. The summed E-state index contributed by atoms with van der Waals surface area (Å²) in [6.45, 7) is 0.514. The van der Waals surface area contributed by atoms with Crippen LogP contribution in [-0.2, 0) is 6.54 Å². The summed E-state index contributed by atoms with van der Waals surface area (Å²) in [7, 11) is 0. The first kappa shape index (κ1) is 14.0. The van der Waals surface area contributed by atoms with Crippen LogP contribution >= 0.6 is 0 Å². The van der Waals surface area contributed by atoms with Crippen molar-refractivity contribution in [2.75, 3.05) is 4.90 Å². The molecule has 3 nitrogen and oxygen atoms in total. The zero-order chi connectivity index (χ0) is 15.2. The Balaban J connectivity index is 1.95. The van der Waals surface area contributed by atoms with Crippen LogP contribution in [0.25, 0.3) is 0 Å². The van der Waals surface area contributed by atoms with Crippen molar-refractivity contribution in [3.63, 3.8) is 0 Å². The van der Waals surface area contributed by atoms with Crippen molar-refractivity contribution in [3.05, 3.63) is 96.3 Å². The molecule has 3 aromatic rings. The van der Waals surface area contributed by atoms with E-state index in [1.54, 1.807) is 17.3 Å². The number of hydrogen-bond donors (Lipinski definition) is 0. The van der Waals surface area contributed by atoms with E-state index in [1.165, 1.54) is 0 Å². The van der Waals surface area contributed by atoms with Gasteiger partial charge in [-0.15, -0.1) is 0 Å². The summed E-state index contributed by atoms with van der Waals surface area (Å²) < 4.78 is 0. The van der Waals surface area contributed by atoms with E-state index in [0.717, 1.165) is 11.3 Å². The number of aromatic nitrogens is 1. The maximum Gasteiger partial charge on any atom is 0.258 e. The average molecular weight is 288 g/mol. The van der Waals surface area contributed by atoms with Gasteiger partial charge in [0.25, 0.3) is 5.91 Å². The topological polar surface area (TPSA) is 33.2 Å². The van der Waals surface area contributed by atoms with Crippen LogP contribution in [0.3, 0.4) is 0 Å². The Morgan fingerprint density at radius 3 is 2.18 bits per heavy atom. The third-order valence-corrected chi connectivity index (χ3v) is 3.41. The van der Waals surface area contributed by atoms with Crippen molar-refractivity contribution in [1.29, 1.82) is 0 Å². The van der Waals surface area contributed by atoms with Gasteiger partial charge in [0.1, 0.15) is 0 Å². The number of pyridine rings is 1. The van der Waals surface area contributed by atoms with E-state index in [-0.39, 0.29) is 5.91 Å². The Kier molecular flexibility index (Phi) is 4.25. The van der Waals surface area contributed by atoms with Crippen LogP contribution in [0.2, 0.25) is 0 Å². The molecule has 0 bridgehead atoms. The molecule has 108 valence electrons. The summed E-state index contributed by atoms with van der Waals surface area (Å²) in [5, 5.41) is 0. The Bertz CT molecular complexity index is 727. The van der Waals surface area contributed by atoms with Crippen molar-refractivity contribution < 1.29 is 4.79 Å². The van der Waals surface area contributed by atoms with Gasteiger partial charge in [-0.25, -0.2) is 0 Å². The standard InChI is InChI=1S/C19H16N2O/c22-19(17-10-5-2-6-11-17)21(18-12-7-13-20-14-18)15-16-8-3-1-4-9-16/h1-14H,15H2. The molecule has 0 fully saturated rings. The SMILES string of the molecule is O=C(c1ccccc1)N(Cc1ccccc1)c1cccnc1. The predicted octanol–water partition coefficient (Wildman–Crippen LogP) is 3.93. The molecule has 1 heterocycles. The summed E-state index contributed by atoms with van der Waals surface area (Å²) in [4.78, 5) is 18.7. The van der Waals surface area contributed by atoms with Gasteiger partial charge in [-0.3, -0.25) is 9.78 Å². The van der Waals surface area contributed by atoms with Crippen LogP contribution in [0.4, 0.5) is 5.69 Å². The molecule has 22 heavy (non-hydrogen) atoms. The number of anilines is 1. The minimum Gasteiger partial charge on any atom is -0.302 e. The van der Waals surface area contributed by atoms with Gasteiger partial charge in [-0.2, -0.15) is 0 Å². The molecule has 1 amide bonds. The van der Waals surface area contributed by atoms with E-state index in [4.69, 9.17) is 0 Å². The van der Waals surface area contributed by atoms with Crippen molar-refractivity contribution in [1.82, 2.24) is 4.98 Å². The summed E-state index contributed by atoms with van der Waals surface area (Å²) in [6.07, 6.45) is 3.42. The number of amides is 1. The molecule has 0 unspecified atom stereocenters. The number of carbonyl (C=O) groups excluding carboxylic acids is 1. The first-order chi connectivity index (χ1) is 10.8. The number of hydrogen-bond acceptors (Lipinski definition) is 2. The minimum atomic E-state index is -0.0301. The molecular weight excluding hydrogens is 272 g/mol. The van der Waals surface area contributed by atoms with E-state index < -0.39 is 0 Å². The number of rotatable bonds is 4. The fraction of sp³-hybridized carbons (Fsp3) is 0.0526. The molecule has 0 aliphatic carbocycles.